The fourth-order valence-electron chi connectivity index (χ4n) is 2.32. The molecular formula is C12H27N. The second-order valence-corrected chi connectivity index (χ2v) is 4.89. The van der Waals surface area contributed by atoms with E-state index in [-0.39, 0.29) is 0 Å². The van der Waals surface area contributed by atoms with Gasteiger partial charge in [-0.3, -0.25) is 0 Å². The number of nitrogens with two attached hydrogens (primary N) is 1. The Kier molecular flexibility index (Phi) is 5.62. The lowest BCUT2D eigenvalue weighted by molar-refractivity contribution is 0.182. The van der Waals surface area contributed by atoms with Crippen LogP contribution in [0.5, 0.6) is 0 Å². The van der Waals surface area contributed by atoms with Crippen molar-refractivity contribution in [3.05, 3.63) is 0 Å². The van der Waals surface area contributed by atoms with Gasteiger partial charge in [-0.05, 0) is 30.6 Å². The Hall–Kier alpha value is -0.0400. The molecule has 0 rings (SSSR count). The van der Waals surface area contributed by atoms with Gasteiger partial charge >= 0.3 is 0 Å². The maximum absolute atomic E-state index is 5.93. The molecule has 13 heavy (non-hydrogen) atoms. The summed E-state index contributed by atoms with van der Waals surface area (Å²) in [6.07, 6.45) is 1.27. The minimum Gasteiger partial charge on any atom is -0.328 e. The molecule has 80 valence electrons. The van der Waals surface area contributed by atoms with Gasteiger partial charge in [0.25, 0.3) is 0 Å². The molecule has 4 atom stereocenters. The zero-order valence-corrected chi connectivity index (χ0v) is 10.2. The topological polar surface area (TPSA) is 26.0 Å². The van der Waals surface area contributed by atoms with Crippen LogP contribution in [-0.2, 0) is 0 Å². The molecular weight excluding hydrogens is 158 g/mol. The quantitative estimate of drug-likeness (QED) is 0.699. The molecule has 0 aromatic heterocycles. The van der Waals surface area contributed by atoms with Crippen LogP contribution in [0.15, 0.2) is 0 Å². The maximum Gasteiger partial charge on any atom is 0.00387 e. The molecule has 0 aliphatic heterocycles. The lowest BCUT2D eigenvalue weighted by atomic mass is 9.74. The fraction of sp³-hybridized carbons (Fsp3) is 1.00. The van der Waals surface area contributed by atoms with Gasteiger partial charge in [-0.1, -0.05) is 41.0 Å². The summed E-state index contributed by atoms with van der Waals surface area (Å²) in [4.78, 5) is 0. The molecule has 1 heteroatoms. The van der Waals surface area contributed by atoms with E-state index < -0.39 is 0 Å². The molecule has 0 saturated heterocycles. The Morgan fingerprint density at radius 2 is 1.38 bits per heavy atom. The maximum atomic E-state index is 5.93. The Morgan fingerprint density at radius 3 is 1.62 bits per heavy atom. The standard InChI is InChI=1S/C12H27N/c1-7-12(8(2)3)10(5)9(4)11(6)13/h8-12H,7,13H2,1-6H3. The highest BCUT2D eigenvalue weighted by atomic mass is 14.6. The third-order valence-electron chi connectivity index (χ3n) is 3.66. The molecule has 0 radical (unpaired) electrons. The predicted molar refractivity (Wildman–Crippen MR) is 60.6 cm³/mol. The van der Waals surface area contributed by atoms with Crippen molar-refractivity contribution in [1.82, 2.24) is 0 Å². The van der Waals surface area contributed by atoms with Crippen LogP contribution in [0.3, 0.4) is 0 Å². The molecule has 0 amide bonds. The second kappa shape index (κ2) is 5.64. The predicted octanol–water partition coefficient (Wildman–Crippen LogP) is 3.29. The molecule has 0 aromatic carbocycles. The number of rotatable bonds is 5. The molecule has 0 aliphatic carbocycles. The van der Waals surface area contributed by atoms with Crippen molar-refractivity contribution < 1.29 is 0 Å². The molecule has 2 N–H and O–H groups in total. The van der Waals surface area contributed by atoms with E-state index in [9.17, 15) is 0 Å². The smallest absolute Gasteiger partial charge is 0.00387 e. The molecule has 0 aliphatic rings. The number of hydrogen-bond acceptors (Lipinski definition) is 1. The van der Waals surface area contributed by atoms with Crippen LogP contribution < -0.4 is 5.73 Å². The van der Waals surface area contributed by atoms with E-state index in [0.29, 0.717) is 12.0 Å². The number of hydrogen-bond donors (Lipinski definition) is 1. The van der Waals surface area contributed by atoms with E-state index in [1.165, 1.54) is 6.42 Å². The zero-order valence-electron chi connectivity index (χ0n) is 10.2. The largest absolute Gasteiger partial charge is 0.328 e. The highest BCUT2D eigenvalue weighted by Crippen LogP contribution is 2.30. The molecule has 0 aromatic rings. The third-order valence-corrected chi connectivity index (χ3v) is 3.66. The summed E-state index contributed by atoms with van der Waals surface area (Å²) in [5.41, 5.74) is 5.93. The van der Waals surface area contributed by atoms with Gasteiger partial charge in [0.15, 0.2) is 0 Å². The summed E-state index contributed by atoms with van der Waals surface area (Å²) in [5.74, 6) is 2.97. The molecule has 0 spiro atoms. The van der Waals surface area contributed by atoms with E-state index in [4.69, 9.17) is 5.73 Å². The van der Waals surface area contributed by atoms with E-state index in [1.807, 2.05) is 0 Å². The summed E-state index contributed by atoms with van der Waals surface area (Å²) < 4.78 is 0. The molecule has 0 fully saturated rings. The van der Waals surface area contributed by atoms with Gasteiger partial charge in [-0.25, -0.2) is 0 Å². The van der Waals surface area contributed by atoms with E-state index in [0.717, 1.165) is 17.8 Å². The van der Waals surface area contributed by atoms with Crippen LogP contribution in [0.25, 0.3) is 0 Å². The molecule has 0 heterocycles. The second-order valence-electron chi connectivity index (χ2n) is 4.89. The third kappa shape index (κ3) is 3.68. The fourth-order valence-corrected chi connectivity index (χ4v) is 2.32. The van der Waals surface area contributed by atoms with Crippen molar-refractivity contribution >= 4 is 0 Å². The van der Waals surface area contributed by atoms with Crippen molar-refractivity contribution in [2.75, 3.05) is 0 Å². The van der Waals surface area contributed by atoms with Gasteiger partial charge in [0.05, 0.1) is 0 Å². The van der Waals surface area contributed by atoms with Crippen molar-refractivity contribution in [3.8, 4) is 0 Å². The van der Waals surface area contributed by atoms with Crippen LogP contribution in [0.2, 0.25) is 0 Å². The summed E-state index contributed by atoms with van der Waals surface area (Å²) in [6, 6.07) is 0.322. The molecule has 0 saturated carbocycles. The van der Waals surface area contributed by atoms with Gasteiger partial charge in [0.2, 0.25) is 0 Å². The van der Waals surface area contributed by atoms with Crippen molar-refractivity contribution in [2.24, 2.45) is 29.4 Å². The minimum absolute atomic E-state index is 0.322. The Morgan fingerprint density at radius 1 is 0.923 bits per heavy atom. The van der Waals surface area contributed by atoms with Crippen molar-refractivity contribution in [1.29, 1.82) is 0 Å². The highest BCUT2D eigenvalue weighted by molar-refractivity contribution is 4.77. The summed E-state index contributed by atoms with van der Waals surface area (Å²) in [7, 11) is 0. The monoisotopic (exact) mass is 185 g/mol. The molecule has 0 bridgehead atoms. The normalized spacial score (nSPS) is 21.2. The first kappa shape index (κ1) is 13.0. The van der Waals surface area contributed by atoms with Gasteiger partial charge < -0.3 is 5.73 Å². The lowest BCUT2D eigenvalue weighted by Crippen LogP contribution is -2.34. The van der Waals surface area contributed by atoms with Gasteiger partial charge in [-0.2, -0.15) is 0 Å². The highest BCUT2D eigenvalue weighted by Gasteiger charge is 2.25. The van der Waals surface area contributed by atoms with E-state index >= 15 is 0 Å². The summed E-state index contributed by atoms with van der Waals surface area (Å²) in [6.45, 7) is 13.7. The van der Waals surface area contributed by atoms with Crippen LogP contribution >= 0.6 is 0 Å². The Bertz CT molecular complexity index is 129. The lowest BCUT2D eigenvalue weighted by Gasteiger charge is -2.33. The molecule has 1 nitrogen and oxygen atoms in total. The first-order valence-electron chi connectivity index (χ1n) is 5.67. The molecule has 4 unspecified atom stereocenters. The van der Waals surface area contributed by atoms with Crippen LogP contribution in [0, 0.1) is 23.7 Å². The summed E-state index contributed by atoms with van der Waals surface area (Å²) >= 11 is 0. The average molecular weight is 185 g/mol. The average Bonchev–Trinajstić information content (AvgIpc) is 2.03. The van der Waals surface area contributed by atoms with Crippen LogP contribution in [0.4, 0.5) is 0 Å². The van der Waals surface area contributed by atoms with Crippen LogP contribution in [0.1, 0.15) is 48.0 Å². The zero-order chi connectivity index (χ0) is 10.6. The SMILES string of the molecule is CCC(C(C)C)C(C)C(C)C(C)N. The van der Waals surface area contributed by atoms with Gasteiger partial charge in [0.1, 0.15) is 0 Å². The Balaban J connectivity index is 4.27. The van der Waals surface area contributed by atoms with Crippen molar-refractivity contribution in [3.63, 3.8) is 0 Å². The van der Waals surface area contributed by atoms with E-state index in [2.05, 4.69) is 41.5 Å². The van der Waals surface area contributed by atoms with Gasteiger partial charge in [-0.15, -0.1) is 0 Å². The van der Waals surface area contributed by atoms with Crippen LogP contribution in [-0.4, -0.2) is 6.04 Å². The van der Waals surface area contributed by atoms with Crippen molar-refractivity contribution in [2.45, 2.75) is 54.0 Å². The first-order valence-corrected chi connectivity index (χ1v) is 5.67. The Labute approximate surface area is 84.1 Å². The van der Waals surface area contributed by atoms with Gasteiger partial charge in [0, 0.05) is 6.04 Å². The first-order chi connectivity index (χ1) is 5.91. The summed E-state index contributed by atoms with van der Waals surface area (Å²) in [5, 5.41) is 0. The minimum atomic E-state index is 0.322. The van der Waals surface area contributed by atoms with E-state index in [1.54, 1.807) is 0 Å².